The standard InChI is InChI=1S/C9H21NO2S/c1-4-9(10)7-13(11,12)6-5-8(2)3/h8-9H,4-7,10H2,1-3H3. The molecule has 1 atom stereocenters. The highest BCUT2D eigenvalue weighted by Crippen LogP contribution is 2.05. The van der Waals surface area contributed by atoms with Crippen LogP contribution in [0.25, 0.3) is 0 Å². The monoisotopic (exact) mass is 207 g/mol. The molecule has 0 heterocycles. The minimum Gasteiger partial charge on any atom is -0.327 e. The van der Waals surface area contributed by atoms with E-state index in [0.29, 0.717) is 5.92 Å². The van der Waals surface area contributed by atoms with Crippen molar-refractivity contribution in [1.29, 1.82) is 0 Å². The van der Waals surface area contributed by atoms with Crippen LogP contribution < -0.4 is 5.73 Å². The van der Waals surface area contributed by atoms with Gasteiger partial charge in [-0.1, -0.05) is 20.8 Å². The zero-order chi connectivity index (χ0) is 10.5. The van der Waals surface area contributed by atoms with Gasteiger partial charge in [0.05, 0.1) is 11.5 Å². The quantitative estimate of drug-likeness (QED) is 0.711. The van der Waals surface area contributed by atoms with Crippen LogP contribution in [0.5, 0.6) is 0 Å². The molecule has 0 fully saturated rings. The molecule has 0 saturated heterocycles. The Balaban J connectivity index is 3.95. The fourth-order valence-electron chi connectivity index (χ4n) is 0.943. The topological polar surface area (TPSA) is 60.2 Å². The molecule has 3 nitrogen and oxygen atoms in total. The van der Waals surface area contributed by atoms with Gasteiger partial charge in [-0.2, -0.15) is 0 Å². The molecule has 0 aromatic rings. The average Bonchev–Trinajstić information content (AvgIpc) is 2.00. The number of sulfone groups is 1. The van der Waals surface area contributed by atoms with Crippen molar-refractivity contribution in [3.63, 3.8) is 0 Å². The Labute approximate surface area is 81.6 Å². The zero-order valence-electron chi connectivity index (χ0n) is 8.79. The molecule has 0 amide bonds. The number of hydrogen-bond acceptors (Lipinski definition) is 3. The van der Waals surface area contributed by atoms with Crippen LogP contribution in [0.15, 0.2) is 0 Å². The maximum Gasteiger partial charge on any atom is 0.151 e. The van der Waals surface area contributed by atoms with E-state index in [-0.39, 0.29) is 17.5 Å². The van der Waals surface area contributed by atoms with Crippen LogP contribution in [0.3, 0.4) is 0 Å². The predicted octanol–water partition coefficient (Wildman–Crippen LogP) is 1.18. The van der Waals surface area contributed by atoms with Crippen LogP contribution in [-0.4, -0.2) is 26.0 Å². The molecule has 0 saturated carbocycles. The lowest BCUT2D eigenvalue weighted by atomic mass is 10.2. The Morgan fingerprint density at radius 3 is 2.23 bits per heavy atom. The van der Waals surface area contributed by atoms with E-state index in [1.807, 2.05) is 20.8 Å². The highest BCUT2D eigenvalue weighted by Gasteiger charge is 2.15. The molecular weight excluding hydrogens is 186 g/mol. The SMILES string of the molecule is CCC(N)CS(=O)(=O)CCC(C)C. The second-order valence-electron chi connectivity index (χ2n) is 3.97. The van der Waals surface area contributed by atoms with Gasteiger partial charge in [-0.25, -0.2) is 8.42 Å². The van der Waals surface area contributed by atoms with E-state index in [1.165, 1.54) is 0 Å². The molecule has 2 N–H and O–H groups in total. The first-order valence-electron chi connectivity index (χ1n) is 4.83. The summed E-state index contributed by atoms with van der Waals surface area (Å²) in [5.41, 5.74) is 5.59. The van der Waals surface area contributed by atoms with Gasteiger partial charge >= 0.3 is 0 Å². The lowest BCUT2D eigenvalue weighted by Crippen LogP contribution is -2.30. The molecular formula is C9H21NO2S. The number of hydrogen-bond donors (Lipinski definition) is 1. The minimum atomic E-state index is -2.91. The van der Waals surface area contributed by atoms with Crippen LogP contribution in [0.1, 0.15) is 33.6 Å². The van der Waals surface area contributed by atoms with E-state index in [9.17, 15) is 8.42 Å². The molecule has 0 rings (SSSR count). The van der Waals surface area contributed by atoms with E-state index in [0.717, 1.165) is 12.8 Å². The molecule has 80 valence electrons. The summed E-state index contributed by atoms with van der Waals surface area (Å²) in [7, 11) is -2.91. The van der Waals surface area contributed by atoms with Crippen molar-refractivity contribution in [3.8, 4) is 0 Å². The van der Waals surface area contributed by atoms with Crippen molar-refractivity contribution < 1.29 is 8.42 Å². The number of nitrogens with two attached hydrogens (primary N) is 1. The van der Waals surface area contributed by atoms with Crippen molar-refractivity contribution in [2.45, 2.75) is 39.7 Å². The Hall–Kier alpha value is -0.0900. The van der Waals surface area contributed by atoms with Crippen LogP contribution in [0, 0.1) is 5.92 Å². The molecule has 0 aliphatic rings. The summed E-state index contributed by atoms with van der Waals surface area (Å²) in [6.07, 6.45) is 1.46. The minimum absolute atomic E-state index is 0.135. The smallest absolute Gasteiger partial charge is 0.151 e. The van der Waals surface area contributed by atoms with Gasteiger partial charge in [0, 0.05) is 6.04 Å². The van der Waals surface area contributed by atoms with E-state index >= 15 is 0 Å². The fraction of sp³-hybridized carbons (Fsp3) is 1.00. The first-order valence-corrected chi connectivity index (χ1v) is 6.65. The van der Waals surface area contributed by atoms with Gasteiger partial charge in [0.25, 0.3) is 0 Å². The molecule has 4 heteroatoms. The third-order valence-electron chi connectivity index (χ3n) is 2.00. The number of rotatable bonds is 6. The van der Waals surface area contributed by atoms with E-state index < -0.39 is 9.84 Å². The molecule has 13 heavy (non-hydrogen) atoms. The average molecular weight is 207 g/mol. The van der Waals surface area contributed by atoms with Crippen molar-refractivity contribution >= 4 is 9.84 Å². The van der Waals surface area contributed by atoms with E-state index in [2.05, 4.69) is 0 Å². The summed E-state index contributed by atoms with van der Waals surface area (Å²) in [5, 5.41) is 0. The summed E-state index contributed by atoms with van der Waals surface area (Å²) in [5.74, 6) is 0.849. The van der Waals surface area contributed by atoms with Crippen LogP contribution >= 0.6 is 0 Å². The summed E-state index contributed by atoms with van der Waals surface area (Å²) in [6, 6.07) is -0.197. The third-order valence-corrected chi connectivity index (χ3v) is 3.79. The van der Waals surface area contributed by atoms with Gasteiger partial charge in [-0.05, 0) is 18.8 Å². The van der Waals surface area contributed by atoms with Crippen LogP contribution in [0.2, 0.25) is 0 Å². The van der Waals surface area contributed by atoms with Crippen molar-refractivity contribution in [1.82, 2.24) is 0 Å². The maximum absolute atomic E-state index is 11.4. The highest BCUT2D eigenvalue weighted by molar-refractivity contribution is 7.91. The zero-order valence-corrected chi connectivity index (χ0v) is 9.60. The Kier molecular flexibility index (Phi) is 5.56. The summed E-state index contributed by atoms with van der Waals surface area (Å²) >= 11 is 0. The molecule has 0 spiro atoms. The summed E-state index contributed by atoms with van der Waals surface area (Å²) in [4.78, 5) is 0. The first-order chi connectivity index (χ1) is 5.87. The van der Waals surface area contributed by atoms with Gasteiger partial charge in [-0.15, -0.1) is 0 Å². The lowest BCUT2D eigenvalue weighted by Gasteiger charge is -2.10. The van der Waals surface area contributed by atoms with Crippen LogP contribution in [0.4, 0.5) is 0 Å². The molecule has 0 aromatic carbocycles. The second-order valence-corrected chi connectivity index (χ2v) is 6.19. The first kappa shape index (κ1) is 12.9. The van der Waals surface area contributed by atoms with Crippen molar-refractivity contribution in [3.05, 3.63) is 0 Å². The van der Waals surface area contributed by atoms with E-state index in [4.69, 9.17) is 5.73 Å². The molecule has 0 aliphatic carbocycles. The maximum atomic E-state index is 11.4. The van der Waals surface area contributed by atoms with Gasteiger partial charge < -0.3 is 5.73 Å². The predicted molar refractivity (Wildman–Crippen MR) is 56.4 cm³/mol. The molecule has 0 bridgehead atoms. The lowest BCUT2D eigenvalue weighted by molar-refractivity contribution is 0.565. The largest absolute Gasteiger partial charge is 0.327 e. The van der Waals surface area contributed by atoms with Crippen molar-refractivity contribution in [2.24, 2.45) is 11.7 Å². The van der Waals surface area contributed by atoms with Gasteiger partial charge in [0.2, 0.25) is 0 Å². The second kappa shape index (κ2) is 5.60. The van der Waals surface area contributed by atoms with Crippen LogP contribution in [-0.2, 0) is 9.84 Å². The normalized spacial score (nSPS) is 14.8. The van der Waals surface area contributed by atoms with E-state index in [1.54, 1.807) is 0 Å². The van der Waals surface area contributed by atoms with Gasteiger partial charge in [0.15, 0.2) is 9.84 Å². The Morgan fingerprint density at radius 2 is 1.85 bits per heavy atom. The molecule has 0 aliphatic heterocycles. The Bertz CT molecular complexity index is 222. The van der Waals surface area contributed by atoms with Gasteiger partial charge in [0.1, 0.15) is 0 Å². The highest BCUT2D eigenvalue weighted by atomic mass is 32.2. The molecule has 0 radical (unpaired) electrons. The molecule has 1 unspecified atom stereocenters. The summed E-state index contributed by atoms with van der Waals surface area (Å²) < 4.78 is 22.8. The Morgan fingerprint density at radius 1 is 1.31 bits per heavy atom. The summed E-state index contributed by atoms with van der Waals surface area (Å²) in [6.45, 7) is 5.95. The fourth-order valence-corrected chi connectivity index (χ4v) is 2.83. The molecule has 0 aromatic heterocycles. The van der Waals surface area contributed by atoms with Gasteiger partial charge in [-0.3, -0.25) is 0 Å². The third kappa shape index (κ3) is 7.02. The van der Waals surface area contributed by atoms with Crippen molar-refractivity contribution in [2.75, 3.05) is 11.5 Å².